The summed E-state index contributed by atoms with van der Waals surface area (Å²) in [7, 11) is 1.50. The number of rotatable bonds is 80. The van der Waals surface area contributed by atoms with Crippen LogP contribution >= 0.6 is 7.82 Å². The van der Waals surface area contributed by atoms with E-state index in [1.165, 1.54) is 334 Å². The molecule has 0 radical (unpaired) electrons. The van der Waals surface area contributed by atoms with Crippen LogP contribution < -0.4 is 0 Å². The van der Waals surface area contributed by atoms with Gasteiger partial charge in [0.25, 0.3) is 0 Å². The molecule has 0 aliphatic rings. The van der Waals surface area contributed by atoms with E-state index < -0.39 is 26.5 Å². The maximum Gasteiger partial charge on any atom is 0.472 e. The summed E-state index contributed by atoms with van der Waals surface area (Å²) in [6, 6.07) is 0. The normalized spacial score (nSPS) is 13.3. The minimum absolute atomic E-state index is 0.0334. The number of hydrogen-bond acceptors (Lipinski definition) is 7. The van der Waals surface area contributed by atoms with Gasteiger partial charge in [0.2, 0.25) is 0 Å². The van der Waals surface area contributed by atoms with E-state index in [0.717, 1.165) is 57.8 Å². The summed E-state index contributed by atoms with van der Waals surface area (Å²) in [6.07, 6.45) is 108. The highest BCUT2D eigenvalue weighted by atomic mass is 31.2. The molecule has 2 atom stereocenters. The molecular formula is C88H165NO8P+. The van der Waals surface area contributed by atoms with Gasteiger partial charge in [-0.2, -0.15) is 0 Å². The zero-order valence-electron chi connectivity index (χ0n) is 65.8. The van der Waals surface area contributed by atoms with Gasteiger partial charge in [-0.05, 0) is 89.9 Å². The number of esters is 2. The molecule has 0 aromatic carbocycles. The summed E-state index contributed by atoms with van der Waals surface area (Å²) < 4.78 is 34.9. The van der Waals surface area contributed by atoms with Gasteiger partial charge < -0.3 is 18.9 Å². The fourth-order valence-electron chi connectivity index (χ4n) is 12.7. The standard InChI is InChI=1S/C88H164NO8P/c1-6-8-10-12-14-16-18-20-22-24-26-28-30-32-34-36-38-40-41-42-43-44-45-46-47-49-51-53-55-57-59-61-63-65-67-69-71-73-75-77-79-81-88(91)97-86(85-96-98(92,93)95-83-82-89(3,4)5)84-94-87(90)80-78-76-74-72-70-68-66-64-62-60-58-56-54-52-50-48-39-37-35-33-31-29-27-25-23-21-19-17-15-13-11-9-7-2/h18-21,24-27,30-33,86H,6-17,22-23,28-29,34-85H2,1-5H3/p+1/b20-18-,21-19-,26-24-,27-25-,32-30-,33-31-. The fraction of sp³-hybridized carbons (Fsp3) is 0.841. The quantitative estimate of drug-likeness (QED) is 0.0211. The van der Waals surface area contributed by atoms with Gasteiger partial charge in [0.15, 0.2) is 6.10 Å². The van der Waals surface area contributed by atoms with Gasteiger partial charge >= 0.3 is 19.8 Å². The van der Waals surface area contributed by atoms with Gasteiger partial charge in [-0.25, -0.2) is 4.57 Å². The van der Waals surface area contributed by atoms with Gasteiger partial charge in [-0.1, -0.05) is 395 Å². The number of phosphoric acid groups is 1. The lowest BCUT2D eigenvalue weighted by Gasteiger charge is -2.24. The first-order valence-electron chi connectivity index (χ1n) is 42.7. The smallest absolute Gasteiger partial charge is 0.462 e. The third-order valence-electron chi connectivity index (χ3n) is 19.2. The van der Waals surface area contributed by atoms with E-state index in [2.05, 4.69) is 86.8 Å². The van der Waals surface area contributed by atoms with E-state index in [1.807, 2.05) is 21.1 Å². The zero-order chi connectivity index (χ0) is 71.1. The highest BCUT2D eigenvalue weighted by Crippen LogP contribution is 2.43. The molecule has 0 fully saturated rings. The van der Waals surface area contributed by atoms with Crippen molar-refractivity contribution in [3.63, 3.8) is 0 Å². The van der Waals surface area contributed by atoms with Crippen molar-refractivity contribution >= 4 is 19.8 Å². The van der Waals surface area contributed by atoms with Crippen molar-refractivity contribution in [2.45, 2.75) is 431 Å². The van der Waals surface area contributed by atoms with Gasteiger partial charge in [-0.3, -0.25) is 18.6 Å². The van der Waals surface area contributed by atoms with E-state index in [9.17, 15) is 19.0 Å². The van der Waals surface area contributed by atoms with Crippen LogP contribution in [-0.2, 0) is 32.7 Å². The first kappa shape index (κ1) is 95.5. The number of allylic oxidation sites excluding steroid dienone is 12. The Morgan fingerprint density at radius 3 is 0.816 bits per heavy atom. The molecule has 0 aliphatic carbocycles. The van der Waals surface area contributed by atoms with Crippen molar-refractivity contribution in [3.05, 3.63) is 72.9 Å². The second-order valence-electron chi connectivity index (χ2n) is 30.2. The molecule has 0 saturated carbocycles. The lowest BCUT2D eigenvalue weighted by atomic mass is 10.0. The predicted molar refractivity (Wildman–Crippen MR) is 427 cm³/mol. The first-order chi connectivity index (χ1) is 48.0. The molecule has 0 aromatic rings. The lowest BCUT2D eigenvalue weighted by molar-refractivity contribution is -0.870. The molecule has 0 bridgehead atoms. The summed E-state index contributed by atoms with van der Waals surface area (Å²) in [4.78, 5) is 36.0. The zero-order valence-corrected chi connectivity index (χ0v) is 66.7. The summed E-state index contributed by atoms with van der Waals surface area (Å²) in [5.74, 6) is -0.775. The molecular weight excluding hydrogens is 1230 g/mol. The van der Waals surface area contributed by atoms with Crippen LogP contribution in [-0.4, -0.2) is 74.9 Å². The van der Waals surface area contributed by atoms with Crippen molar-refractivity contribution in [3.8, 4) is 0 Å². The average molecular weight is 1400 g/mol. The molecule has 0 saturated heterocycles. The maximum atomic E-state index is 12.9. The number of likely N-dealkylation sites (N-methyl/N-ethyl adjacent to an activating group) is 1. The van der Waals surface area contributed by atoms with Crippen LogP contribution in [0.15, 0.2) is 72.9 Å². The lowest BCUT2D eigenvalue weighted by Crippen LogP contribution is -2.37. The van der Waals surface area contributed by atoms with Crippen LogP contribution in [0.5, 0.6) is 0 Å². The number of nitrogens with zero attached hydrogens (tertiary/aromatic N) is 1. The molecule has 9 nitrogen and oxygen atoms in total. The van der Waals surface area contributed by atoms with Crippen molar-refractivity contribution in [1.82, 2.24) is 0 Å². The molecule has 10 heteroatoms. The number of unbranched alkanes of at least 4 members (excludes halogenated alkanes) is 54. The van der Waals surface area contributed by atoms with Crippen molar-refractivity contribution in [2.75, 3.05) is 47.5 Å². The van der Waals surface area contributed by atoms with Gasteiger partial charge in [-0.15, -0.1) is 0 Å². The predicted octanol–water partition coefficient (Wildman–Crippen LogP) is 28.6. The molecule has 0 amide bonds. The highest BCUT2D eigenvalue weighted by Gasteiger charge is 2.27. The van der Waals surface area contributed by atoms with Crippen molar-refractivity contribution < 1.29 is 42.1 Å². The number of hydrogen-bond donors (Lipinski definition) is 1. The Bertz CT molecular complexity index is 1890. The molecule has 0 aromatic heterocycles. The SMILES string of the molecule is CCCCCCC/C=C\C/C=C\C/C=C\CCCCCCCCCCCCCCCCCCCCCCCCCCCCC(=O)OC(COC(=O)CCCCCCCCCCCCCCCCCCCC/C=C\C/C=C\C/C=C\CCCCCCC)COP(=O)(O)OCC[N+](C)(C)C. The Kier molecular flexibility index (Phi) is 76.5. The molecule has 574 valence electrons. The van der Waals surface area contributed by atoms with Crippen LogP contribution in [0, 0.1) is 0 Å². The highest BCUT2D eigenvalue weighted by molar-refractivity contribution is 7.47. The summed E-state index contributed by atoms with van der Waals surface area (Å²) in [6.45, 7) is 4.48. The Morgan fingerprint density at radius 2 is 0.551 bits per heavy atom. The Labute approximate surface area is 609 Å². The van der Waals surface area contributed by atoms with Gasteiger partial charge in [0.1, 0.15) is 19.8 Å². The van der Waals surface area contributed by atoms with Crippen LogP contribution in [0.4, 0.5) is 0 Å². The molecule has 98 heavy (non-hydrogen) atoms. The minimum atomic E-state index is -4.40. The first-order valence-corrected chi connectivity index (χ1v) is 44.2. The van der Waals surface area contributed by atoms with Gasteiger partial charge in [0, 0.05) is 12.8 Å². The Balaban J connectivity index is 3.88. The number of ether oxygens (including phenoxy) is 2. The van der Waals surface area contributed by atoms with E-state index in [-0.39, 0.29) is 25.6 Å². The number of carbonyl (C=O) groups is 2. The molecule has 0 aliphatic heterocycles. The molecule has 0 rings (SSSR count). The summed E-state index contributed by atoms with van der Waals surface area (Å²) >= 11 is 0. The summed E-state index contributed by atoms with van der Waals surface area (Å²) in [5.41, 5.74) is 0. The van der Waals surface area contributed by atoms with Crippen molar-refractivity contribution in [2.24, 2.45) is 0 Å². The van der Waals surface area contributed by atoms with Crippen molar-refractivity contribution in [1.29, 1.82) is 0 Å². The van der Waals surface area contributed by atoms with Crippen LogP contribution in [0.2, 0.25) is 0 Å². The number of carbonyl (C=O) groups excluding carboxylic acids is 2. The molecule has 2 unspecified atom stereocenters. The molecule has 1 N–H and O–H groups in total. The van der Waals surface area contributed by atoms with Crippen LogP contribution in [0.25, 0.3) is 0 Å². The second kappa shape index (κ2) is 78.6. The maximum absolute atomic E-state index is 12.9. The van der Waals surface area contributed by atoms with E-state index in [1.54, 1.807) is 0 Å². The van der Waals surface area contributed by atoms with Crippen LogP contribution in [0.1, 0.15) is 425 Å². The van der Waals surface area contributed by atoms with E-state index in [0.29, 0.717) is 23.9 Å². The minimum Gasteiger partial charge on any atom is -0.462 e. The average Bonchev–Trinajstić information content (AvgIpc) is 1.08. The third-order valence-corrected chi connectivity index (χ3v) is 20.2. The number of phosphoric ester groups is 1. The number of quaternary nitrogens is 1. The molecule has 0 heterocycles. The molecule has 0 spiro atoms. The Hall–Kier alpha value is -2.55. The largest absolute Gasteiger partial charge is 0.472 e. The van der Waals surface area contributed by atoms with Gasteiger partial charge in [0.05, 0.1) is 27.7 Å². The topological polar surface area (TPSA) is 108 Å². The second-order valence-corrected chi connectivity index (χ2v) is 31.7. The van der Waals surface area contributed by atoms with E-state index in [4.69, 9.17) is 18.5 Å². The Morgan fingerprint density at radius 1 is 0.316 bits per heavy atom. The monoisotopic (exact) mass is 1400 g/mol. The van der Waals surface area contributed by atoms with Crippen LogP contribution in [0.3, 0.4) is 0 Å². The van der Waals surface area contributed by atoms with E-state index >= 15 is 0 Å². The third kappa shape index (κ3) is 82.4. The fourth-order valence-corrected chi connectivity index (χ4v) is 13.4. The summed E-state index contributed by atoms with van der Waals surface area (Å²) in [5, 5.41) is 0.